The lowest BCUT2D eigenvalue weighted by Crippen LogP contribution is -2.24. The van der Waals surface area contributed by atoms with Crippen LogP contribution in [0.5, 0.6) is 0 Å². The van der Waals surface area contributed by atoms with Gasteiger partial charge in [0.2, 0.25) is 10.0 Å². The van der Waals surface area contributed by atoms with E-state index in [1.165, 1.54) is 6.07 Å². The highest BCUT2D eigenvalue weighted by Gasteiger charge is 2.21. The Bertz CT molecular complexity index is 743. The van der Waals surface area contributed by atoms with E-state index >= 15 is 0 Å². The van der Waals surface area contributed by atoms with E-state index in [0.717, 1.165) is 6.07 Å². The molecule has 0 aliphatic heterocycles. The first-order valence-corrected chi connectivity index (χ1v) is 6.94. The summed E-state index contributed by atoms with van der Waals surface area (Å²) in [6, 6.07) is 2.67. The summed E-state index contributed by atoms with van der Waals surface area (Å²) in [6.45, 7) is 1.46. The van der Waals surface area contributed by atoms with Crippen LogP contribution in [0.1, 0.15) is 11.5 Å². The van der Waals surface area contributed by atoms with Crippen molar-refractivity contribution in [2.24, 2.45) is 0 Å². The van der Waals surface area contributed by atoms with Gasteiger partial charge in [0.25, 0.3) is 0 Å². The third-order valence-corrected chi connectivity index (χ3v) is 3.88. The van der Waals surface area contributed by atoms with E-state index in [0.29, 0.717) is 17.5 Å². The summed E-state index contributed by atoms with van der Waals surface area (Å²) in [5, 5.41) is 3.59. The fourth-order valence-electron chi connectivity index (χ4n) is 1.50. The Labute approximate surface area is 113 Å². The number of benzene rings is 1. The van der Waals surface area contributed by atoms with Crippen LogP contribution in [0.4, 0.5) is 14.5 Å². The van der Waals surface area contributed by atoms with Crippen molar-refractivity contribution in [3.05, 3.63) is 41.3 Å². The monoisotopic (exact) mass is 303 g/mol. The molecule has 2 rings (SSSR count). The van der Waals surface area contributed by atoms with Crippen molar-refractivity contribution >= 4 is 15.7 Å². The molecule has 0 aliphatic rings. The summed E-state index contributed by atoms with van der Waals surface area (Å²) in [5.74, 6) is -1.73. The summed E-state index contributed by atoms with van der Waals surface area (Å²) < 4.78 is 57.2. The van der Waals surface area contributed by atoms with Gasteiger partial charge in [-0.15, -0.1) is 0 Å². The molecule has 0 spiro atoms. The number of nitrogens with one attached hydrogen (secondary N) is 1. The van der Waals surface area contributed by atoms with Gasteiger partial charge in [-0.25, -0.2) is 21.9 Å². The summed E-state index contributed by atoms with van der Waals surface area (Å²) in [5.41, 5.74) is 5.12. The number of nitrogen functional groups attached to an aromatic ring is 1. The SMILES string of the molecule is Cc1cc(CNS(=O)(=O)c2cc(N)c(F)cc2F)no1. The third kappa shape index (κ3) is 2.94. The van der Waals surface area contributed by atoms with Gasteiger partial charge in [0.15, 0.2) is 0 Å². The molecule has 1 aromatic carbocycles. The molecular weight excluding hydrogens is 292 g/mol. The smallest absolute Gasteiger partial charge is 0.243 e. The van der Waals surface area contributed by atoms with Crippen LogP contribution in [0, 0.1) is 18.6 Å². The topological polar surface area (TPSA) is 98.2 Å². The van der Waals surface area contributed by atoms with Crippen LogP contribution in [0.15, 0.2) is 27.6 Å². The van der Waals surface area contributed by atoms with Crippen molar-refractivity contribution < 1.29 is 21.7 Å². The number of hydrogen-bond acceptors (Lipinski definition) is 5. The van der Waals surface area contributed by atoms with Gasteiger partial charge >= 0.3 is 0 Å². The Morgan fingerprint density at radius 2 is 2.00 bits per heavy atom. The first kappa shape index (κ1) is 14.4. The summed E-state index contributed by atoms with van der Waals surface area (Å²) in [6.07, 6.45) is 0. The molecule has 0 fully saturated rings. The average Bonchev–Trinajstić information content (AvgIpc) is 2.77. The number of aromatic nitrogens is 1. The molecule has 0 unspecified atom stereocenters. The maximum Gasteiger partial charge on any atom is 0.243 e. The number of aryl methyl sites for hydroxylation is 1. The minimum Gasteiger partial charge on any atom is -0.396 e. The maximum absolute atomic E-state index is 13.5. The fourth-order valence-corrected chi connectivity index (χ4v) is 2.59. The highest BCUT2D eigenvalue weighted by molar-refractivity contribution is 7.89. The van der Waals surface area contributed by atoms with E-state index in [1.54, 1.807) is 6.92 Å². The zero-order valence-corrected chi connectivity index (χ0v) is 11.2. The molecule has 1 aromatic heterocycles. The van der Waals surface area contributed by atoms with Crippen molar-refractivity contribution in [3.8, 4) is 0 Å². The Morgan fingerprint density at radius 3 is 2.60 bits per heavy atom. The molecule has 0 radical (unpaired) electrons. The van der Waals surface area contributed by atoms with E-state index in [2.05, 4.69) is 9.88 Å². The van der Waals surface area contributed by atoms with Crippen LogP contribution in [0.3, 0.4) is 0 Å². The number of nitrogens with zero attached hydrogens (tertiary/aromatic N) is 1. The molecular formula is C11H11F2N3O3S. The van der Waals surface area contributed by atoms with Crippen LogP contribution in [0.25, 0.3) is 0 Å². The van der Waals surface area contributed by atoms with Crippen LogP contribution in [-0.2, 0) is 16.6 Å². The Balaban J connectivity index is 2.24. The van der Waals surface area contributed by atoms with E-state index in [1.807, 2.05) is 0 Å². The normalized spacial score (nSPS) is 11.8. The molecule has 1 heterocycles. The molecule has 0 bridgehead atoms. The van der Waals surface area contributed by atoms with Crippen LogP contribution < -0.4 is 10.5 Å². The standard InChI is InChI=1S/C11H11F2N3O3S/c1-6-2-7(16-19-6)5-15-20(17,18)11-4-10(14)8(12)3-9(11)13/h2-4,15H,5,14H2,1H3. The molecule has 20 heavy (non-hydrogen) atoms. The molecule has 108 valence electrons. The number of rotatable bonds is 4. The maximum atomic E-state index is 13.5. The molecule has 0 atom stereocenters. The zero-order valence-electron chi connectivity index (χ0n) is 10.4. The van der Waals surface area contributed by atoms with Gasteiger partial charge < -0.3 is 10.3 Å². The van der Waals surface area contributed by atoms with Gasteiger partial charge in [-0.2, -0.15) is 0 Å². The predicted octanol–water partition coefficient (Wildman–Crippen LogP) is 1.32. The van der Waals surface area contributed by atoms with Gasteiger partial charge in [0, 0.05) is 12.1 Å². The molecule has 0 saturated heterocycles. The van der Waals surface area contributed by atoms with Crippen LogP contribution >= 0.6 is 0 Å². The van der Waals surface area contributed by atoms with Crippen molar-refractivity contribution in [3.63, 3.8) is 0 Å². The van der Waals surface area contributed by atoms with E-state index in [-0.39, 0.29) is 6.54 Å². The first-order valence-electron chi connectivity index (χ1n) is 5.46. The minimum absolute atomic E-state index is 0.184. The third-order valence-electron chi connectivity index (χ3n) is 2.46. The lowest BCUT2D eigenvalue weighted by Gasteiger charge is -2.07. The van der Waals surface area contributed by atoms with Gasteiger partial charge in [0.1, 0.15) is 22.3 Å². The number of anilines is 1. The number of nitrogens with two attached hydrogens (primary N) is 1. The minimum atomic E-state index is -4.17. The van der Waals surface area contributed by atoms with Crippen LogP contribution in [-0.4, -0.2) is 13.6 Å². The van der Waals surface area contributed by atoms with E-state index in [9.17, 15) is 17.2 Å². The predicted molar refractivity (Wildman–Crippen MR) is 66.0 cm³/mol. The summed E-state index contributed by atoms with van der Waals surface area (Å²) in [4.78, 5) is -0.725. The molecule has 6 nitrogen and oxygen atoms in total. The van der Waals surface area contributed by atoms with Gasteiger partial charge in [-0.1, -0.05) is 5.16 Å². The second kappa shape index (κ2) is 5.17. The highest BCUT2D eigenvalue weighted by atomic mass is 32.2. The summed E-state index contributed by atoms with van der Waals surface area (Å²) >= 11 is 0. The number of halogens is 2. The van der Waals surface area contributed by atoms with Crippen molar-refractivity contribution in [2.75, 3.05) is 5.73 Å². The molecule has 2 aromatic rings. The molecule has 9 heteroatoms. The van der Waals surface area contributed by atoms with Crippen molar-refractivity contribution in [2.45, 2.75) is 18.4 Å². The lowest BCUT2D eigenvalue weighted by molar-refractivity contribution is 0.390. The fraction of sp³-hybridized carbons (Fsp3) is 0.182. The lowest BCUT2D eigenvalue weighted by atomic mass is 10.3. The second-order valence-electron chi connectivity index (χ2n) is 4.06. The molecule has 3 N–H and O–H groups in total. The molecule has 0 saturated carbocycles. The quantitative estimate of drug-likeness (QED) is 0.830. The van der Waals surface area contributed by atoms with Crippen LogP contribution in [0.2, 0.25) is 0 Å². The van der Waals surface area contributed by atoms with Crippen molar-refractivity contribution in [1.82, 2.24) is 9.88 Å². The number of sulfonamides is 1. The molecule has 0 aliphatic carbocycles. The zero-order chi connectivity index (χ0) is 14.9. The molecule has 0 amide bonds. The Hall–Kier alpha value is -2.00. The van der Waals surface area contributed by atoms with Gasteiger partial charge in [-0.05, 0) is 13.0 Å². The Morgan fingerprint density at radius 1 is 1.30 bits per heavy atom. The van der Waals surface area contributed by atoms with Crippen molar-refractivity contribution in [1.29, 1.82) is 0 Å². The van der Waals surface area contributed by atoms with Gasteiger partial charge in [0.05, 0.1) is 17.9 Å². The highest BCUT2D eigenvalue weighted by Crippen LogP contribution is 2.21. The number of hydrogen-bond donors (Lipinski definition) is 2. The Kier molecular flexibility index (Phi) is 3.73. The van der Waals surface area contributed by atoms with Gasteiger partial charge in [-0.3, -0.25) is 0 Å². The average molecular weight is 303 g/mol. The van der Waals surface area contributed by atoms with E-state index < -0.39 is 32.2 Å². The van der Waals surface area contributed by atoms with E-state index in [4.69, 9.17) is 10.3 Å². The first-order chi connectivity index (χ1) is 9.29. The largest absolute Gasteiger partial charge is 0.396 e. The second-order valence-corrected chi connectivity index (χ2v) is 5.79. The summed E-state index contributed by atoms with van der Waals surface area (Å²) in [7, 11) is -4.17.